The van der Waals surface area contributed by atoms with E-state index in [0.717, 1.165) is 12.1 Å². The molecule has 0 spiro atoms. The summed E-state index contributed by atoms with van der Waals surface area (Å²) in [4.78, 5) is 12.1. The second-order valence-corrected chi connectivity index (χ2v) is 10.3. The van der Waals surface area contributed by atoms with Gasteiger partial charge in [0.2, 0.25) is 20.0 Å². The number of anilines is 3. The van der Waals surface area contributed by atoms with Crippen molar-refractivity contribution in [2.75, 3.05) is 21.5 Å². The van der Waals surface area contributed by atoms with Crippen LogP contribution >= 0.6 is 0 Å². The minimum Gasteiger partial charge on any atom is -0.351 e. The Hall–Kier alpha value is -2.53. The molecular formula is C17H16F2N2O5S2. The van der Waals surface area contributed by atoms with Crippen LogP contribution < -0.4 is 9.03 Å². The zero-order chi connectivity index (χ0) is 20.9. The summed E-state index contributed by atoms with van der Waals surface area (Å²) in [7, 11) is -8.54. The van der Waals surface area contributed by atoms with Crippen molar-refractivity contribution in [3.05, 3.63) is 53.1 Å². The van der Waals surface area contributed by atoms with Gasteiger partial charge in [-0.2, -0.15) is 3.71 Å². The number of fused-ring (bicyclic) bond motifs is 1. The summed E-state index contributed by atoms with van der Waals surface area (Å²) in [6.07, 6.45) is 1.96. The van der Waals surface area contributed by atoms with E-state index in [1.165, 1.54) is 12.1 Å². The Balaban J connectivity index is 2.25. The molecule has 11 heteroatoms. The largest absolute Gasteiger partial charge is 0.351 e. The molecule has 7 nitrogen and oxygen atoms in total. The Kier molecular flexibility index (Phi) is 4.92. The summed E-state index contributed by atoms with van der Waals surface area (Å²) >= 11 is 0. The number of rotatable bonds is 5. The Morgan fingerprint density at radius 2 is 1.57 bits per heavy atom. The smallest absolute Gasteiger partial charge is 0.245 e. The van der Waals surface area contributed by atoms with E-state index in [9.17, 15) is 30.4 Å². The molecule has 0 bridgehead atoms. The van der Waals surface area contributed by atoms with E-state index in [0.29, 0.717) is 30.6 Å². The molecule has 1 aliphatic rings. The summed E-state index contributed by atoms with van der Waals surface area (Å²) in [5, 5.41) is 2.58. The minimum atomic E-state index is -4.27. The molecule has 1 N–H and O–H groups in total. The summed E-state index contributed by atoms with van der Waals surface area (Å²) in [5.74, 6) is -1.99. The number of Topliss-reactive ketones (excluding diaryl/α,β-unsaturated/α-hetero) is 1. The quantitative estimate of drug-likeness (QED) is 0.783. The van der Waals surface area contributed by atoms with Gasteiger partial charge in [-0.3, -0.25) is 4.79 Å². The average Bonchev–Trinajstić information content (AvgIpc) is 2.88. The van der Waals surface area contributed by atoms with Gasteiger partial charge in [0.1, 0.15) is 11.6 Å². The van der Waals surface area contributed by atoms with Gasteiger partial charge in [0, 0.05) is 18.1 Å². The summed E-state index contributed by atoms with van der Waals surface area (Å²) in [6.45, 7) is 0. The molecule has 2 aromatic carbocycles. The van der Waals surface area contributed by atoms with Gasteiger partial charge in [-0.1, -0.05) is 0 Å². The van der Waals surface area contributed by atoms with Crippen molar-refractivity contribution < 1.29 is 30.4 Å². The number of hydrogen-bond donors (Lipinski definition) is 1. The van der Waals surface area contributed by atoms with E-state index in [4.69, 9.17) is 0 Å². The topological polar surface area (TPSA) is 101 Å². The van der Waals surface area contributed by atoms with Gasteiger partial charge in [-0.05, 0) is 36.2 Å². The third-order valence-electron chi connectivity index (χ3n) is 4.14. The zero-order valence-electron chi connectivity index (χ0n) is 14.9. The average molecular weight is 430 g/mol. The number of carbonyl (C=O) groups is 1. The van der Waals surface area contributed by atoms with Gasteiger partial charge in [-0.25, -0.2) is 25.6 Å². The molecule has 3 rings (SSSR count). The van der Waals surface area contributed by atoms with E-state index in [2.05, 4.69) is 5.32 Å². The van der Waals surface area contributed by atoms with Crippen molar-refractivity contribution >= 4 is 42.9 Å². The van der Waals surface area contributed by atoms with Gasteiger partial charge < -0.3 is 5.32 Å². The van der Waals surface area contributed by atoms with Crippen LogP contribution in [0.15, 0.2) is 30.3 Å². The number of nitrogens with zero attached hydrogens (tertiary/aromatic N) is 1. The molecule has 0 aromatic heterocycles. The number of carbonyl (C=O) groups excluding carboxylic acids is 1. The number of hydrogen-bond acceptors (Lipinski definition) is 6. The van der Waals surface area contributed by atoms with E-state index in [1.54, 1.807) is 0 Å². The molecule has 0 unspecified atom stereocenters. The monoisotopic (exact) mass is 430 g/mol. The first kappa shape index (κ1) is 20.2. The molecule has 0 saturated carbocycles. The van der Waals surface area contributed by atoms with Crippen LogP contribution in [-0.2, 0) is 26.5 Å². The van der Waals surface area contributed by atoms with Crippen molar-refractivity contribution in [2.24, 2.45) is 0 Å². The zero-order valence-corrected chi connectivity index (χ0v) is 16.5. The molecule has 0 aliphatic heterocycles. The van der Waals surface area contributed by atoms with Crippen LogP contribution in [0.4, 0.5) is 25.8 Å². The molecule has 0 saturated heterocycles. The molecule has 0 heterocycles. The number of halogens is 2. The molecule has 28 heavy (non-hydrogen) atoms. The number of benzene rings is 2. The standard InChI is InChI=1S/C17H16F2N2O5S2/c1-27(23,24)21(28(2,25)26)16-7-10-3-6-17(22)12(10)9-15(16)20-14-5-4-11(18)8-13(14)19/h4-5,7-9,20H,3,6H2,1-2H3. The first-order chi connectivity index (χ1) is 12.9. The van der Waals surface area contributed by atoms with Crippen molar-refractivity contribution in [1.82, 2.24) is 0 Å². The second-order valence-electron chi connectivity index (χ2n) is 6.42. The van der Waals surface area contributed by atoms with Crippen LogP contribution in [0.5, 0.6) is 0 Å². The van der Waals surface area contributed by atoms with Crippen LogP contribution in [0, 0.1) is 11.6 Å². The fourth-order valence-corrected chi connectivity index (χ4v) is 6.06. The van der Waals surface area contributed by atoms with Gasteiger partial charge in [0.15, 0.2) is 5.78 Å². The maximum Gasteiger partial charge on any atom is 0.245 e. The van der Waals surface area contributed by atoms with E-state index < -0.39 is 31.7 Å². The van der Waals surface area contributed by atoms with Crippen LogP contribution in [-0.4, -0.2) is 35.1 Å². The van der Waals surface area contributed by atoms with Crippen LogP contribution in [0.1, 0.15) is 22.3 Å². The van der Waals surface area contributed by atoms with E-state index in [1.807, 2.05) is 0 Å². The molecule has 150 valence electrons. The van der Waals surface area contributed by atoms with Crippen molar-refractivity contribution in [3.8, 4) is 0 Å². The van der Waals surface area contributed by atoms with Gasteiger partial charge in [0.25, 0.3) is 0 Å². The van der Waals surface area contributed by atoms with E-state index >= 15 is 0 Å². The lowest BCUT2D eigenvalue weighted by atomic mass is 10.1. The third-order valence-corrected chi connectivity index (χ3v) is 7.37. The summed E-state index contributed by atoms with van der Waals surface area (Å²) in [5.41, 5.74) is 0.172. The fourth-order valence-electron chi connectivity index (χ4n) is 3.07. The maximum atomic E-state index is 14.1. The minimum absolute atomic E-state index is 0.115. The number of nitrogens with one attached hydrogen (secondary N) is 1. The third kappa shape index (κ3) is 3.85. The lowest BCUT2D eigenvalue weighted by Crippen LogP contribution is -2.35. The Morgan fingerprint density at radius 3 is 2.14 bits per heavy atom. The Labute approximate surface area is 161 Å². The number of sulfonamides is 2. The lowest BCUT2D eigenvalue weighted by Gasteiger charge is -2.24. The first-order valence-corrected chi connectivity index (χ1v) is 11.7. The van der Waals surface area contributed by atoms with Crippen LogP contribution in [0.25, 0.3) is 0 Å². The molecule has 0 radical (unpaired) electrons. The predicted octanol–water partition coefficient (Wildman–Crippen LogP) is 2.56. The highest BCUT2D eigenvalue weighted by Gasteiger charge is 2.32. The van der Waals surface area contributed by atoms with Crippen LogP contribution in [0.2, 0.25) is 0 Å². The summed E-state index contributed by atoms with van der Waals surface area (Å²) in [6, 6.07) is 5.24. The van der Waals surface area contributed by atoms with Crippen molar-refractivity contribution in [3.63, 3.8) is 0 Å². The van der Waals surface area contributed by atoms with Gasteiger partial charge in [-0.15, -0.1) is 0 Å². The maximum absolute atomic E-state index is 14.1. The van der Waals surface area contributed by atoms with Gasteiger partial charge in [0.05, 0.1) is 29.6 Å². The predicted molar refractivity (Wildman–Crippen MR) is 101 cm³/mol. The van der Waals surface area contributed by atoms with Gasteiger partial charge >= 0.3 is 0 Å². The second kappa shape index (κ2) is 6.82. The fraction of sp³-hybridized carbons (Fsp3) is 0.235. The highest BCUT2D eigenvalue weighted by molar-refractivity contribution is 8.09. The first-order valence-electron chi connectivity index (χ1n) is 8.00. The summed E-state index contributed by atoms with van der Waals surface area (Å²) < 4.78 is 76.2. The molecule has 0 atom stereocenters. The number of ketones is 1. The molecule has 0 amide bonds. The molecule has 1 aliphatic carbocycles. The van der Waals surface area contributed by atoms with Crippen molar-refractivity contribution in [2.45, 2.75) is 12.8 Å². The molecular weight excluding hydrogens is 414 g/mol. The SMILES string of the molecule is CS(=O)(=O)N(c1cc2c(cc1Nc1ccc(F)cc1F)C(=O)CC2)S(C)(=O)=O. The number of aryl methyl sites for hydroxylation is 1. The van der Waals surface area contributed by atoms with Crippen LogP contribution in [0.3, 0.4) is 0 Å². The highest BCUT2D eigenvalue weighted by atomic mass is 32.3. The normalized spacial score (nSPS) is 14.1. The molecule has 0 fully saturated rings. The lowest BCUT2D eigenvalue weighted by molar-refractivity contribution is 0.0994. The molecule has 2 aromatic rings. The Morgan fingerprint density at radius 1 is 0.929 bits per heavy atom. The van der Waals surface area contributed by atoms with E-state index in [-0.39, 0.29) is 38.5 Å². The van der Waals surface area contributed by atoms with Crippen molar-refractivity contribution in [1.29, 1.82) is 0 Å². The Bertz CT molecular complexity index is 1160. The highest BCUT2D eigenvalue weighted by Crippen LogP contribution is 2.38.